The molecular formula is C10H20N2. The highest BCUT2D eigenvalue weighted by Gasteiger charge is 2.21. The van der Waals surface area contributed by atoms with Crippen LogP contribution in [0.2, 0.25) is 0 Å². The van der Waals surface area contributed by atoms with E-state index in [1.807, 2.05) is 0 Å². The van der Waals surface area contributed by atoms with Crippen LogP contribution in [-0.4, -0.2) is 13.2 Å². The Morgan fingerprint density at radius 3 is 2.83 bits per heavy atom. The van der Waals surface area contributed by atoms with Gasteiger partial charge in [0, 0.05) is 0 Å². The van der Waals surface area contributed by atoms with Gasteiger partial charge < -0.3 is 10.6 Å². The third kappa shape index (κ3) is 2.52. The normalized spacial score (nSPS) is 25.5. The Bertz CT molecular complexity index is 150. The monoisotopic (exact) mass is 168 g/mol. The maximum absolute atomic E-state index is 3.28. The van der Waals surface area contributed by atoms with E-state index in [0.29, 0.717) is 0 Å². The lowest BCUT2D eigenvalue weighted by Crippen LogP contribution is -2.27. The maximum Gasteiger partial charge on any atom is 0.0647 e. The number of nitrogens with one attached hydrogen (secondary N) is 2. The van der Waals surface area contributed by atoms with Gasteiger partial charge in [-0.15, -0.1) is 0 Å². The summed E-state index contributed by atoms with van der Waals surface area (Å²) in [4.78, 5) is 0. The highest BCUT2D eigenvalue weighted by molar-refractivity contribution is 5.13. The number of hydrogen-bond acceptors (Lipinski definition) is 2. The molecule has 1 aliphatic carbocycles. The van der Waals surface area contributed by atoms with Crippen molar-refractivity contribution in [1.29, 1.82) is 0 Å². The van der Waals surface area contributed by atoms with Gasteiger partial charge in [0.25, 0.3) is 0 Å². The van der Waals surface area contributed by atoms with Gasteiger partial charge in [-0.3, -0.25) is 0 Å². The molecule has 0 radical (unpaired) electrons. The summed E-state index contributed by atoms with van der Waals surface area (Å²) in [7, 11) is 0. The molecule has 2 N–H and O–H groups in total. The fourth-order valence-electron chi connectivity index (χ4n) is 1.55. The summed E-state index contributed by atoms with van der Waals surface area (Å²) < 4.78 is 0. The van der Waals surface area contributed by atoms with Gasteiger partial charge in [-0.05, 0) is 37.9 Å². The van der Waals surface area contributed by atoms with E-state index in [1.165, 1.54) is 19.3 Å². The third-order valence-corrected chi connectivity index (χ3v) is 2.56. The Hall–Kier alpha value is -0.500. The number of allylic oxidation sites excluding steroid dienone is 1. The van der Waals surface area contributed by atoms with Crippen LogP contribution in [0.3, 0.4) is 0 Å². The molecule has 0 heterocycles. The molecule has 0 aliphatic heterocycles. The van der Waals surface area contributed by atoms with Gasteiger partial charge >= 0.3 is 0 Å². The van der Waals surface area contributed by atoms with Gasteiger partial charge in [0.1, 0.15) is 0 Å². The quantitative estimate of drug-likeness (QED) is 0.483. The first kappa shape index (κ1) is 9.59. The lowest BCUT2D eigenvalue weighted by atomic mass is 9.78. The number of rotatable bonds is 5. The second kappa shape index (κ2) is 5.20. The summed E-state index contributed by atoms with van der Waals surface area (Å²) in [5.74, 6) is 0.874. The Morgan fingerprint density at radius 2 is 2.33 bits per heavy atom. The van der Waals surface area contributed by atoms with Crippen molar-refractivity contribution < 1.29 is 0 Å². The molecule has 1 rings (SSSR count). The van der Waals surface area contributed by atoms with E-state index in [1.54, 1.807) is 5.57 Å². The van der Waals surface area contributed by atoms with Crippen LogP contribution >= 0.6 is 0 Å². The summed E-state index contributed by atoms with van der Waals surface area (Å²) in [5, 5.41) is 6.51. The van der Waals surface area contributed by atoms with Crippen molar-refractivity contribution in [2.24, 2.45) is 5.92 Å². The van der Waals surface area contributed by atoms with Crippen LogP contribution in [0.4, 0.5) is 0 Å². The minimum atomic E-state index is 0.874. The Labute approximate surface area is 75.4 Å². The first-order chi connectivity index (χ1) is 5.88. The van der Waals surface area contributed by atoms with Gasteiger partial charge in [0.15, 0.2) is 0 Å². The lowest BCUT2D eigenvalue weighted by Gasteiger charge is -2.28. The van der Waals surface area contributed by atoms with E-state index in [4.69, 9.17) is 0 Å². The highest BCUT2D eigenvalue weighted by Crippen LogP contribution is 2.34. The van der Waals surface area contributed by atoms with E-state index in [0.717, 1.165) is 19.1 Å². The molecule has 0 saturated heterocycles. The molecule has 0 aromatic rings. The van der Waals surface area contributed by atoms with Crippen LogP contribution in [0.25, 0.3) is 0 Å². The number of hydrogen-bond donors (Lipinski definition) is 2. The average Bonchev–Trinajstić information content (AvgIpc) is 2.03. The van der Waals surface area contributed by atoms with Crippen molar-refractivity contribution in [3.05, 3.63) is 11.8 Å². The van der Waals surface area contributed by atoms with Gasteiger partial charge in [0.05, 0.1) is 6.67 Å². The van der Waals surface area contributed by atoms with Gasteiger partial charge in [-0.1, -0.05) is 19.4 Å². The van der Waals surface area contributed by atoms with Crippen LogP contribution in [0.5, 0.6) is 0 Å². The zero-order valence-corrected chi connectivity index (χ0v) is 8.19. The van der Waals surface area contributed by atoms with Crippen molar-refractivity contribution in [3.63, 3.8) is 0 Å². The third-order valence-electron chi connectivity index (χ3n) is 2.56. The molecule has 0 aromatic carbocycles. The second-order valence-corrected chi connectivity index (χ2v) is 3.35. The molecule has 12 heavy (non-hydrogen) atoms. The molecule has 0 spiro atoms. The van der Waals surface area contributed by atoms with Gasteiger partial charge in [-0.25, -0.2) is 0 Å². The van der Waals surface area contributed by atoms with E-state index < -0.39 is 0 Å². The molecule has 0 amide bonds. The molecular weight excluding hydrogens is 148 g/mol. The largest absolute Gasteiger partial charge is 0.378 e. The molecule has 2 nitrogen and oxygen atoms in total. The predicted molar refractivity (Wildman–Crippen MR) is 52.8 cm³/mol. The summed E-state index contributed by atoms with van der Waals surface area (Å²) in [6, 6.07) is 0. The molecule has 70 valence electrons. The van der Waals surface area contributed by atoms with Crippen LogP contribution in [0.15, 0.2) is 11.8 Å². The molecule has 0 aromatic heterocycles. The van der Waals surface area contributed by atoms with E-state index >= 15 is 0 Å². The minimum Gasteiger partial charge on any atom is -0.378 e. The predicted octanol–water partition coefficient (Wildman–Crippen LogP) is 1.85. The summed E-state index contributed by atoms with van der Waals surface area (Å²) >= 11 is 0. The second-order valence-electron chi connectivity index (χ2n) is 3.35. The first-order valence-corrected chi connectivity index (χ1v) is 5.01. The van der Waals surface area contributed by atoms with E-state index in [-0.39, 0.29) is 0 Å². The van der Waals surface area contributed by atoms with Crippen molar-refractivity contribution >= 4 is 0 Å². The van der Waals surface area contributed by atoms with Gasteiger partial charge in [-0.2, -0.15) is 0 Å². The van der Waals surface area contributed by atoms with Crippen LogP contribution in [0, 0.1) is 5.92 Å². The maximum atomic E-state index is 3.28. The summed E-state index contributed by atoms with van der Waals surface area (Å²) in [6.45, 7) is 6.32. The van der Waals surface area contributed by atoms with Crippen molar-refractivity contribution in [2.45, 2.75) is 33.1 Å². The zero-order valence-electron chi connectivity index (χ0n) is 8.19. The minimum absolute atomic E-state index is 0.874. The van der Waals surface area contributed by atoms with Crippen molar-refractivity contribution in [1.82, 2.24) is 10.6 Å². The smallest absolute Gasteiger partial charge is 0.0647 e. The van der Waals surface area contributed by atoms with Crippen LogP contribution < -0.4 is 10.6 Å². The highest BCUT2D eigenvalue weighted by atomic mass is 15.0. The average molecular weight is 168 g/mol. The van der Waals surface area contributed by atoms with Gasteiger partial charge in [0.2, 0.25) is 0 Å². The molecule has 1 aliphatic rings. The fourth-order valence-corrected chi connectivity index (χ4v) is 1.55. The van der Waals surface area contributed by atoms with Crippen molar-refractivity contribution in [3.8, 4) is 0 Å². The zero-order chi connectivity index (χ0) is 8.81. The summed E-state index contributed by atoms with van der Waals surface area (Å²) in [5.41, 5.74) is 1.61. The lowest BCUT2D eigenvalue weighted by molar-refractivity contribution is 0.425. The first-order valence-electron chi connectivity index (χ1n) is 5.01. The van der Waals surface area contributed by atoms with E-state index in [2.05, 4.69) is 30.7 Å². The summed E-state index contributed by atoms with van der Waals surface area (Å²) in [6.07, 6.45) is 6.19. The van der Waals surface area contributed by atoms with Crippen LogP contribution in [-0.2, 0) is 0 Å². The molecule has 1 saturated carbocycles. The topological polar surface area (TPSA) is 24.1 Å². The van der Waals surface area contributed by atoms with Crippen molar-refractivity contribution in [2.75, 3.05) is 13.2 Å². The SMILES string of the molecule is CCNCN/C=C1\CCC1CC. The molecule has 1 atom stereocenters. The molecule has 0 bridgehead atoms. The Morgan fingerprint density at radius 1 is 1.50 bits per heavy atom. The Kier molecular flexibility index (Phi) is 4.15. The molecule has 2 heteroatoms. The van der Waals surface area contributed by atoms with E-state index in [9.17, 15) is 0 Å². The molecule has 1 unspecified atom stereocenters. The fraction of sp³-hybridized carbons (Fsp3) is 0.800. The van der Waals surface area contributed by atoms with Crippen LogP contribution in [0.1, 0.15) is 33.1 Å². The standard InChI is InChI=1S/C10H20N2/c1-3-9-5-6-10(9)7-12-8-11-4-2/h7,9,11-12H,3-6,8H2,1-2H3/b10-7+. The molecule has 1 fully saturated rings. The Balaban J connectivity index is 2.10.